The van der Waals surface area contributed by atoms with Crippen LogP contribution in [0.5, 0.6) is 0 Å². The number of nitrogens with two attached hydrogens (primary N) is 1. The van der Waals surface area contributed by atoms with Gasteiger partial charge in [-0.1, -0.05) is 44.2 Å². The maximum absolute atomic E-state index is 12.9. The molecule has 0 saturated carbocycles. The summed E-state index contributed by atoms with van der Waals surface area (Å²) in [4.78, 5) is 43.5. The van der Waals surface area contributed by atoms with Crippen molar-refractivity contribution in [3.63, 3.8) is 0 Å². The predicted molar refractivity (Wildman–Crippen MR) is 107 cm³/mol. The van der Waals surface area contributed by atoms with Gasteiger partial charge < -0.3 is 26.5 Å². The average molecular weight is 401 g/mol. The lowest BCUT2D eigenvalue weighted by molar-refractivity contribution is -0.142. The van der Waals surface area contributed by atoms with Crippen LogP contribution in [0.3, 0.4) is 0 Å². The van der Waals surface area contributed by atoms with Crippen LogP contribution >= 0.6 is 0 Å². The molecule has 9 heteroatoms. The number of hydrogen-bond donors (Lipinski definition) is 5. The molecule has 6 N–H and O–H groups in total. The van der Waals surface area contributed by atoms with Crippen molar-refractivity contribution in [1.82, 2.24) is 20.6 Å². The van der Waals surface area contributed by atoms with Crippen molar-refractivity contribution < 1.29 is 19.5 Å². The molecule has 0 saturated heterocycles. The van der Waals surface area contributed by atoms with E-state index in [0.717, 1.165) is 5.56 Å². The molecule has 3 atom stereocenters. The van der Waals surface area contributed by atoms with Crippen LogP contribution in [0, 0.1) is 5.92 Å². The molecule has 0 bridgehead atoms. The van der Waals surface area contributed by atoms with Crippen LogP contribution in [0.25, 0.3) is 0 Å². The fraction of sp³-hybridized carbons (Fsp3) is 0.400. The SMILES string of the molecule is CC(C)C(N)C(=O)NC(Cc1ccccc1)C(=O)NC(Cc1cnc[nH]1)C(=O)O. The minimum absolute atomic E-state index is 0.0403. The fourth-order valence-corrected chi connectivity index (χ4v) is 2.72. The van der Waals surface area contributed by atoms with E-state index < -0.39 is 35.9 Å². The minimum Gasteiger partial charge on any atom is -0.480 e. The highest BCUT2D eigenvalue weighted by Crippen LogP contribution is 2.07. The minimum atomic E-state index is -1.18. The van der Waals surface area contributed by atoms with Crippen molar-refractivity contribution >= 4 is 17.8 Å². The molecular formula is C20H27N5O4. The largest absolute Gasteiger partial charge is 0.480 e. The van der Waals surface area contributed by atoms with Crippen LogP contribution in [0.4, 0.5) is 0 Å². The van der Waals surface area contributed by atoms with E-state index in [1.54, 1.807) is 13.8 Å². The Morgan fingerprint density at radius 1 is 1.07 bits per heavy atom. The van der Waals surface area contributed by atoms with Gasteiger partial charge in [0.05, 0.1) is 12.4 Å². The molecule has 3 unspecified atom stereocenters. The van der Waals surface area contributed by atoms with Crippen LogP contribution in [0.15, 0.2) is 42.9 Å². The van der Waals surface area contributed by atoms with Crippen molar-refractivity contribution in [2.75, 3.05) is 0 Å². The van der Waals surface area contributed by atoms with Crippen LogP contribution in [0.1, 0.15) is 25.1 Å². The zero-order valence-electron chi connectivity index (χ0n) is 16.5. The standard InChI is InChI=1S/C20H27N5O4/c1-12(2)17(21)19(27)24-15(8-13-6-4-3-5-7-13)18(26)25-16(20(28)29)9-14-10-22-11-23-14/h3-7,10-12,15-17H,8-9,21H2,1-2H3,(H,22,23)(H,24,27)(H,25,26)(H,28,29). The monoisotopic (exact) mass is 401 g/mol. The van der Waals surface area contributed by atoms with E-state index in [1.165, 1.54) is 12.5 Å². The van der Waals surface area contributed by atoms with Crippen LogP contribution in [-0.4, -0.2) is 51.0 Å². The van der Waals surface area contributed by atoms with Gasteiger partial charge in [0.1, 0.15) is 12.1 Å². The maximum Gasteiger partial charge on any atom is 0.326 e. The Kier molecular flexibility index (Phi) is 7.90. The predicted octanol–water partition coefficient (Wildman–Crippen LogP) is 0.232. The topological polar surface area (TPSA) is 150 Å². The van der Waals surface area contributed by atoms with E-state index in [-0.39, 0.29) is 18.8 Å². The number of carbonyl (C=O) groups is 3. The van der Waals surface area contributed by atoms with Gasteiger partial charge in [0.15, 0.2) is 0 Å². The Balaban J connectivity index is 2.15. The van der Waals surface area contributed by atoms with Gasteiger partial charge in [-0.2, -0.15) is 0 Å². The van der Waals surface area contributed by atoms with Crippen LogP contribution < -0.4 is 16.4 Å². The maximum atomic E-state index is 12.9. The number of carboxylic acid groups (broad SMARTS) is 1. The molecule has 1 heterocycles. The number of nitrogens with one attached hydrogen (secondary N) is 3. The summed E-state index contributed by atoms with van der Waals surface area (Å²) >= 11 is 0. The second-order valence-electron chi connectivity index (χ2n) is 7.20. The first-order chi connectivity index (χ1) is 13.8. The molecule has 156 valence electrons. The van der Waals surface area contributed by atoms with Gasteiger partial charge in [-0.05, 0) is 11.5 Å². The van der Waals surface area contributed by atoms with Gasteiger partial charge in [-0.25, -0.2) is 9.78 Å². The van der Waals surface area contributed by atoms with Gasteiger partial charge in [-0.15, -0.1) is 0 Å². The molecule has 2 aromatic rings. The third-order valence-electron chi connectivity index (χ3n) is 4.53. The second kappa shape index (κ2) is 10.4. The van der Waals surface area contributed by atoms with E-state index >= 15 is 0 Å². The van der Waals surface area contributed by atoms with Gasteiger partial charge in [0, 0.05) is 24.7 Å². The summed E-state index contributed by atoms with van der Waals surface area (Å²) in [7, 11) is 0. The molecule has 0 aliphatic carbocycles. The summed E-state index contributed by atoms with van der Waals surface area (Å²) in [5.41, 5.74) is 7.29. The lowest BCUT2D eigenvalue weighted by Gasteiger charge is -2.24. The Labute approximate surface area is 169 Å². The molecule has 0 spiro atoms. The summed E-state index contributed by atoms with van der Waals surface area (Å²) in [6, 6.07) is 6.24. The molecule has 0 radical (unpaired) electrons. The molecule has 29 heavy (non-hydrogen) atoms. The molecule has 2 rings (SSSR count). The van der Waals surface area contributed by atoms with Crippen molar-refractivity contribution in [2.24, 2.45) is 11.7 Å². The zero-order valence-corrected chi connectivity index (χ0v) is 16.5. The number of carboxylic acids is 1. The number of carbonyl (C=O) groups excluding carboxylic acids is 2. The summed E-state index contributed by atoms with van der Waals surface area (Å²) in [6.45, 7) is 3.61. The van der Waals surface area contributed by atoms with Gasteiger partial charge in [0.25, 0.3) is 0 Å². The molecule has 0 fully saturated rings. The Morgan fingerprint density at radius 3 is 2.28 bits per heavy atom. The Hall–Kier alpha value is -3.20. The molecule has 0 aliphatic heterocycles. The van der Waals surface area contributed by atoms with Crippen LogP contribution in [-0.2, 0) is 27.2 Å². The van der Waals surface area contributed by atoms with E-state index in [9.17, 15) is 19.5 Å². The number of aliphatic carboxylic acids is 1. The number of benzene rings is 1. The van der Waals surface area contributed by atoms with Crippen molar-refractivity contribution in [3.05, 3.63) is 54.1 Å². The first kappa shape index (κ1) is 22.1. The third-order valence-corrected chi connectivity index (χ3v) is 4.53. The quantitative estimate of drug-likeness (QED) is 0.385. The first-order valence-corrected chi connectivity index (χ1v) is 9.38. The molecule has 1 aromatic carbocycles. The Morgan fingerprint density at radius 2 is 1.72 bits per heavy atom. The number of hydrogen-bond acceptors (Lipinski definition) is 5. The van der Waals surface area contributed by atoms with Crippen molar-refractivity contribution in [3.8, 4) is 0 Å². The van der Waals surface area contributed by atoms with Crippen molar-refractivity contribution in [1.29, 1.82) is 0 Å². The van der Waals surface area contributed by atoms with Gasteiger partial charge in [0.2, 0.25) is 11.8 Å². The summed E-state index contributed by atoms with van der Waals surface area (Å²) < 4.78 is 0. The average Bonchev–Trinajstić information content (AvgIpc) is 3.20. The normalized spacial score (nSPS) is 14.1. The summed E-state index contributed by atoms with van der Waals surface area (Å²) in [5.74, 6) is -2.35. The van der Waals surface area contributed by atoms with Gasteiger partial charge in [-0.3, -0.25) is 9.59 Å². The summed E-state index contributed by atoms with van der Waals surface area (Å²) in [6.07, 6.45) is 3.17. The number of aromatic nitrogens is 2. The third kappa shape index (κ3) is 6.72. The second-order valence-corrected chi connectivity index (χ2v) is 7.20. The number of H-pyrrole nitrogens is 1. The highest BCUT2D eigenvalue weighted by Gasteiger charge is 2.29. The molecule has 0 aliphatic rings. The lowest BCUT2D eigenvalue weighted by atomic mass is 10.0. The molecule has 9 nitrogen and oxygen atoms in total. The van der Waals surface area contributed by atoms with Crippen LogP contribution in [0.2, 0.25) is 0 Å². The number of amides is 2. The lowest BCUT2D eigenvalue weighted by Crippen LogP contribution is -2.56. The summed E-state index contributed by atoms with van der Waals surface area (Å²) in [5, 5.41) is 14.6. The van der Waals surface area contributed by atoms with Gasteiger partial charge >= 0.3 is 5.97 Å². The molecule has 2 amide bonds. The number of nitrogens with zero attached hydrogens (tertiary/aromatic N) is 1. The number of aromatic amines is 1. The smallest absolute Gasteiger partial charge is 0.326 e. The van der Waals surface area contributed by atoms with Crippen molar-refractivity contribution in [2.45, 2.75) is 44.8 Å². The van der Waals surface area contributed by atoms with E-state index in [4.69, 9.17) is 5.73 Å². The number of imidazole rings is 1. The van der Waals surface area contributed by atoms with E-state index in [2.05, 4.69) is 20.6 Å². The molecule has 1 aromatic heterocycles. The highest BCUT2D eigenvalue weighted by atomic mass is 16.4. The zero-order chi connectivity index (χ0) is 21.4. The van der Waals surface area contributed by atoms with E-state index in [1.807, 2.05) is 30.3 Å². The molecular weight excluding hydrogens is 374 g/mol. The van der Waals surface area contributed by atoms with E-state index in [0.29, 0.717) is 5.69 Å². The fourth-order valence-electron chi connectivity index (χ4n) is 2.72. The number of rotatable bonds is 10. The highest BCUT2D eigenvalue weighted by molar-refractivity contribution is 5.92. The Bertz CT molecular complexity index is 808. The first-order valence-electron chi connectivity index (χ1n) is 9.38.